The minimum Gasteiger partial charge on any atom is -0.410 e. The van der Waals surface area contributed by atoms with E-state index >= 15 is 0 Å². The Balaban J connectivity index is 1.50. The van der Waals surface area contributed by atoms with Gasteiger partial charge in [-0.3, -0.25) is 10.1 Å². The monoisotopic (exact) mass is 436 g/mol. The number of rotatable bonds is 13. The fraction of sp³-hybridized carbons (Fsp3) is 0.571. The average Bonchev–Trinajstić information content (AvgIpc) is 2.78. The second-order valence-corrected chi connectivity index (χ2v) is 6.66. The smallest absolute Gasteiger partial charge is 0.410 e. The third kappa shape index (κ3) is 9.76. The molecule has 1 aliphatic rings. The Kier molecular flexibility index (Phi) is 11.3. The van der Waals surface area contributed by atoms with Crippen molar-refractivity contribution < 1.29 is 33.4 Å². The van der Waals surface area contributed by atoms with Crippen LogP contribution in [0.15, 0.2) is 24.3 Å². The van der Waals surface area contributed by atoms with E-state index < -0.39 is 11.0 Å². The van der Waals surface area contributed by atoms with Gasteiger partial charge in [0.2, 0.25) is 0 Å². The van der Waals surface area contributed by atoms with E-state index in [0.717, 1.165) is 0 Å². The van der Waals surface area contributed by atoms with Crippen LogP contribution in [0, 0.1) is 22.5 Å². The molecule has 0 aliphatic carbocycles. The summed E-state index contributed by atoms with van der Waals surface area (Å²) in [5.74, 6) is 2.65. The van der Waals surface area contributed by atoms with Crippen LogP contribution in [0.5, 0.6) is 5.75 Å². The molecule has 0 N–H and O–H groups in total. The first-order valence-corrected chi connectivity index (χ1v) is 10.1. The van der Waals surface area contributed by atoms with Crippen molar-refractivity contribution in [3.05, 3.63) is 34.4 Å². The summed E-state index contributed by atoms with van der Waals surface area (Å²) in [5.41, 5.74) is -0.0556. The maximum atomic E-state index is 12.2. The quantitative estimate of drug-likeness (QED) is 0.200. The standard InChI is InChI=1S/C21H28N2O8/c1-2-11-27-12-13-28-14-15-29-16-17-30-19-7-9-22(10-8-19)21(24)31-20-5-3-18(4-6-20)23(25)26/h1,3-6,19H,7-17H2. The van der Waals surface area contributed by atoms with Crippen molar-refractivity contribution in [1.29, 1.82) is 0 Å². The van der Waals surface area contributed by atoms with Crippen LogP contribution < -0.4 is 4.74 Å². The zero-order valence-electron chi connectivity index (χ0n) is 17.4. The van der Waals surface area contributed by atoms with Crippen LogP contribution in [-0.4, -0.2) is 81.4 Å². The van der Waals surface area contributed by atoms with Crippen molar-refractivity contribution in [2.45, 2.75) is 18.9 Å². The number of nitrogens with zero attached hydrogens (tertiary/aromatic N) is 2. The number of terminal acetylenes is 1. The van der Waals surface area contributed by atoms with Gasteiger partial charge in [-0.25, -0.2) is 4.79 Å². The molecule has 0 spiro atoms. The van der Waals surface area contributed by atoms with E-state index in [1.165, 1.54) is 24.3 Å². The molecule has 0 radical (unpaired) electrons. The topological polar surface area (TPSA) is 110 Å². The van der Waals surface area contributed by atoms with E-state index in [0.29, 0.717) is 65.6 Å². The first-order valence-electron chi connectivity index (χ1n) is 10.1. The van der Waals surface area contributed by atoms with Crippen LogP contribution in [0.1, 0.15) is 12.8 Å². The average molecular weight is 436 g/mol. The minimum atomic E-state index is -0.505. The molecule has 0 unspecified atom stereocenters. The maximum absolute atomic E-state index is 12.2. The predicted molar refractivity (Wildman–Crippen MR) is 111 cm³/mol. The Morgan fingerprint density at radius 3 is 2.19 bits per heavy atom. The number of non-ortho nitro benzene ring substituents is 1. The minimum absolute atomic E-state index is 0.0556. The van der Waals surface area contributed by atoms with E-state index in [1.54, 1.807) is 4.90 Å². The molecule has 1 amide bonds. The Morgan fingerprint density at radius 1 is 1.03 bits per heavy atom. The van der Waals surface area contributed by atoms with Gasteiger partial charge in [-0.05, 0) is 25.0 Å². The lowest BCUT2D eigenvalue weighted by Gasteiger charge is -2.31. The number of nitro benzene ring substituents is 1. The molecule has 1 fully saturated rings. The highest BCUT2D eigenvalue weighted by atomic mass is 16.6. The molecule has 0 saturated carbocycles. The van der Waals surface area contributed by atoms with E-state index in [1.807, 2.05) is 0 Å². The van der Waals surface area contributed by atoms with Gasteiger partial charge < -0.3 is 28.6 Å². The molecule has 1 aromatic rings. The van der Waals surface area contributed by atoms with Crippen molar-refractivity contribution in [3.63, 3.8) is 0 Å². The fourth-order valence-corrected chi connectivity index (χ4v) is 2.85. The van der Waals surface area contributed by atoms with Crippen LogP contribution in [0.4, 0.5) is 10.5 Å². The predicted octanol–water partition coefficient (Wildman–Crippen LogP) is 2.26. The van der Waals surface area contributed by atoms with Crippen LogP contribution in [0.2, 0.25) is 0 Å². The van der Waals surface area contributed by atoms with Gasteiger partial charge in [0.15, 0.2) is 0 Å². The van der Waals surface area contributed by atoms with Crippen LogP contribution in [-0.2, 0) is 18.9 Å². The lowest BCUT2D eigenvalue weighted by molar-refractivity contribution is -0.384. The Hall–Kier alpha value is -2.71. The van der Waals surface area contributed by atoms with E-state index in [4.69, 9.17) is 30.1 Å². The molecule has 10 heteroatoms. The van der Waals surface area contributed by atoms with Gasteiger partial charge in [0.25, 0.3) is 5.69 Å². The van der Waals surface area contributed by atoms with Crippen molar-refractivity contribution in [2.24, 2.45) is 0 Å². The molecule has 10 nitrogen and oxygen atoms in total. The van der Waals surface area contributed by atoms with E-state index in [2.05, 4.69) is 5.92 Å². The summed E-state index contributed by atoms with van der Waals surface area (Å²) in [4.78, 5) is 24.0. The number of hydrogen-bond donors (Lipinski definition) is 0. The molecule has 31 heavy (non-hydrogen) atoms. The highest BCUT2D eigenvalue weighted by Gasteiger charge is 2.24. The van der Waals surface area contributed by atoms with Gasteiger partial charge in [-0.1, -0.05) is 5.92 Å². The summed E-state index contributed by atoms with van der Waals surface area (Å²) >= 11 is 0. The van der Waals surface area contributed by atoms with Gasteiger partial charge in [-0.2, -0.15) is 0 Å². The van der Waals surface area contributed by atoms with Crippen LogP contribution in [0.25, 0.3) is 0 Å². The second kappa shape index (κ2) is 14.3. The number of carbonyl (C=O) groups excluding carboxylic acids is 1. The summed E-state index contributed by atoms with van der Waals surface area (Å²) in [6.07, 6.45) is 6.07. The van der Waals surface area contributed by atoms with Crippen molar-refractivity contribution in [2.75, 3.05) is 59.3 Å². The SMILES string of the molecule is C#CCOCCOCCOCCOC1CCN(C(=O)Oc2ccc([N+](=O)[O-])cc2)CC1. The fourth-order valence-electron chi connectivity index (χ4n) is 2.85. The molecule has 2 rings (SSSR count). The number of amides is 1. The Bertz CT molecular complexity index is 711. The van der Waals surface area contributed by atoms with Crippen molar-refractivity contribution in [3.8, 4) is 18.1 Å². The van der Waals surface area contributed by atoms with Gasteiger partial charge >= 0.3 is 6.09 Å². The van der Waals surface area contributed by atoms with E-state index in [-0.39, 0.29) is 24.1 Å². The van der Waals surface area contributed by atoms with Gasteiger partial charge in [0.1, 0.15) is 12.4 Å². The molecular weight excluding hydrogens is 408 g/mol. The molecule has 170 valence electrons. The first kappa shape index (κ1) is 24.6. The van der Waals surface area contributed by atoms with Gasteiger partial charge in [0, 0.05) is 25.2 Å². The van der Waals surface area contributed by atoms with Crippen molar-refractivity contribution >= 4 is 11.8 Å². The zero-order chi connectivity index (χ0) is 22.3. The number of benzene rings is 1. The number of carbonyl (C=O) groups is 1. The first-order chi connectivity index (χ1) is 15.1. The third-order valence-corrected chi connectivity index (χ3v) is 4.46. The van der Waals surface area contributed by atoms with E-state index in [9.17, 15) is 14.9 Å². The summed E-state index contributed by atoms with van der Waals surface area (Å²) in [6.45, 7) is 4.18. The highest BCUT2D eigenvalue weighted by Crippen LogP contribution is 2.20. The lowest BCUT2D eigenvalue weighted by atomic mass is 10.1. The van der Waals surface area contributed by atoms with Gasteiger partial charge in [-0.15, -0.1) is 6.42 Å². The summed E-state index contributed by atoms with van der Waals surface area (Å²) in [7, 11) is 0. The summed E-state index contributed by atoms with van der Waals surface area (Å²) in [5, 5.41) is 10.7. The molecule has 1 saturated heterocycles. The van der Waals surface area contributed by atoms with Crippen molar-refractivity contribution in [1.82, 2.24) is 4.90 Å². The maximum Gasteiger partial charge on any atom is 0.415 e. The Morgan fingerprint density at radius 2 is 1.61 bits per heavy atom. The van der Waals surface area contributed by atoms with Crippen LogP contribution >= 0.6 is 0 Å². The lowest BCUT2D eigenvalue weighted by Crippen LogP contribution is -2.42. The van der Waals surface area contributed by atoms with Crippen LogP contribution in [0.3, 0.4) is 0 Å². The number of piperidine rings is 1. The highest BCUT2D eigenvalue weighted by molar-refractivity contribution is 5.70. The number of nitro groups is 1. The molecule has 0 atom stereocenters. The molecule has 0 bridgehead atoms. The molecule has 1 aromatic carbocycles. The molecule has 1 aliphatic heterocycles. The number of hydrogen-bond acceptors (Lipinski definition) is 8. The Labute approximate surface area is 181 Å². The second-order valence-electron chi connectivity index (χ2n) is 6.66. The zero-order valence-corrected chi connectivity index (χ0v) is 17.4. The number of likely N-dealkylation sites (tertiary alicyclic amines) is 1. The molecule has 1 heterocycles. The number of ether oxygens (including phenoxy) is 5. The summed E-state index contributed by atoms with van der Waals surface area (Å²) in [6, 6.07) is 5.41. The normalized spacial score (nSPS) is 14.2. The molecular formula is C21H28N2O8. The largest absolute Gasteiger partial charge is 0.415 e. The van der Waals surface area contributed by atoms with Gasteiger partial charge in [0.05, 0.1) is 50.7 Å². The summed E-state index contributed by atoms with van der Waals surface area (Å²) < 4.78 is 26.9. The molecule has 0 aromatic heterocycles. The third-order valence-electron chi connectivity index (χ3n) is 4.46.